The van der Waals surface area contributed by atoms with Gasteiger partial charge in [0.05, 0.1) is 108 Å². The van der Waals surface area contributed by atoms with Crippen LogP contribution in [0.2, 0.25) is 0 Å². The van der Waals surface area contributed by atoms with Crippen molar-refractivity contribution in [1.82, 2.24) is 0 Å². The second-order valence-electron chi connectivity index (χ2n) is 30.2. The molecule has 0 spiro atoms. The zero-order valence-corrected chi connectivity index (χ0v) is 67.2. The molecule has 0 aliphatic carbocycles. The number of nitro benzene ring substituents is 3. The van der Waals surface area contributed by atoms with E-state index in [4.69, 9.17) is 28.8 Å². The molecule has 0 saturated carbocycles. The van der Waals surface area contributed by atoms with Crippen LogP contribution in [0.4, 0.5) is 96.7 Å². The first-order valence-electron chi connectivity index (χ1n) is 38.2. The van der Waals surface area contributed by atoms with Gasteiger partial charge in [-0.1, -0.05) is 53.7 Å². The molecule has 4 aliphatic rings. The monoisotopic (exact) mass is 1580 g/mol. The normalized spacial score (nSPS) is 14.6. The first kappa shape index (κ1) is 84.2. The Morgan fingerprint density at radius 2 is 0.750 bits per heavy atom. The first-order chi connectivity index (χ1) is 55.6. The third-order valence-electron chi connectivity index (χ3n) is 20.1. The zero-order chi connectivity index (χ0) is 83.1. The van der Waals surface area contributed by atoms with Crippen LogP contribution in [0.25, 0.3) is 0 Å². The van der Waals surface area contributed by atoms with E-state index in [0.29, 0.717) is 108 Å². The largest absolute Gasteiger partial charge is 0.494 e. The van der Waals surface area contributed by atoms with Crippen molar-refractivity contribution in [3.8, 4) is 28.7 Å². The summed E-state index contributed by atoms with van der Waals surface area (Å²) in [5.41, 5.74) is 15.7. The summed E-state index contributed by atoms with van der Waals surface area (Å²) in [5, 5.41) is 115. The molecule has 604 valence electrons. The van der Waals surface area contributed by atoms with E-state index >= 15 is 0 Å². The highest BCUT2D eigenvalue weighted by atomic mass is 16.6. The number of rotatable bonds is 26. The number of nitrogens with zero attached hydrogens (tertiary/aromatic N) is 17. The van der Waals surface area contributed by atoms with Crippen molar-refractivity contribution in [2.24, 2.45) is 61.4 Å². The van der Waals surface area contributed by atoms with Crippen LogP contribution in [0.5, 0.6) is 28.7 Å². The maximum Gasteiger partial charge on any atom is 0.269 e. The van der Waals surface area contributed by atoms with E-state index in [9.17, 15) is 45.7 Å². The Balaban J connectivity index is 0.000000173. The molecule has 3 N–H and O–H groups in total. The lowest BCUT2D eigenvalue weighted by Gasteiger charge is -2.48. The average molecular weight is 1580 g/mol. The van der Waals surface area contributed by atoms with E-state index in [1.165, 1.54) is 133 Å². The molecule has 31 heteroatoms. The van der Waals surface area contributed by atoms with Crippen LogP contribution in [-0.2, 0) is 43.5 Å². The number of benzene rings is 9. The van der Waals surface area contributed by atoms with Crippen LogP contribution in [0.15, 0.2) is 207 Å². The van der Waals surface area contributed by atoms with Crippen molar-refractivity contribution in [3.63, 3.8) is 0 Å². The smallest absolute Gasteiger partial charge is 0.269 e. The maximum atomic E-state index is 10.9. The van der Waals surface area contributed by atoms with Gasteiger partial charge in [0.15, 0.2) is 11.5 Å². The van der Waals surface area contributed by atoms with E-state index in [0.717, 1.165) is 76.2 Å². The molecule has 0 unspecified atom stereocenters. The number of nitro groups is 3. The van der Waals surface area contributed by atoms with E-state index in [2.05, 4.69) is 120 Å². The van der Waals surface area contributed by atoms with E-state index < -0.39 is 14.8 Å². The van der Waals surface area contributed by atoms with Crippen molar-refractivity contribution in [1.29, 1.82) is 0 Å². The maximum absolute atomic E-state index is 10.9. The second-order valence-corrected chi connectivity index (χ2v) is 30.2. The molecule has 0 fully saturated rings. The van der Waals surface area contributed by atoms with Gasteiger partial charge in [-0.15, -0.1) is 25.6 Å². The number of aliphatic hydroxyl groups is 3. The third kappa shape index (κ3) is 20.1. The summed E-state index contributed by atoms with van der Waals surface area (Å²) in [7, 11) is 4.55. The summed E-state index contributed by atoms with van der Waals surface area (Å²) < 4.78 is 29.4. The second kappa shape index (κ2) is 37.5. The van der Waals surface area contributed by atoms with Crippen LogP contribution >= 0.6 is 0 Å². The fraction of sp³-hybridized carbons (Fsp3) is 0.365. The first-order valence-corrected chi connectivity index (χ1v) is 38.2. The van der Waals surface area contributed by atoms with Gasteiger partial charge in [-0.05, 0) is 179 Å². The van der Waals surface area contributed by atoms with Crippen LogP contribution in [-0.4, -0.2) is 89.8 Å². The van der Waals surface area contributed by atoms with E-state index in [-0.39, 0.29) is 59.9 Å². The molecule has 9 aromatic rings. The molecule has 31 nitrogen and oxygen atoms in total. The minimum absolute atomic E-state index is 0.0156. The van der Waals surface area contributed by atoms with Gasteiger partial charge in [-0.3, -0.25) is 30.3 Å². The lowest BCUT2D eigenvalue weighted by molar-refractivity contribution is -0.385. The molecule has 9 aromatic carbocycles. The zero-order valence-electron chi connectivity index (χ0n) is 67.2. The molecule has 4 aliphatic heterocycles. The number of hydrogen-bond acceptors (Lipinski definition) is 28. The van der Waals surface area contributed by atoms with Crippen molar-refractivity contribution in [3.05, 3.63) is 220 Å². The quantitative estimate of drug-likeness (QED) is 0.0257. The minimum Gasteiger partial charge on any atom is -0.494 e. The summed E-state index contributed by atoms with van der Waals surface area (Å²) >= 11 is 0. The molecular weight excluding hydrogens is 1480 g/mol. The fourth-order valence-electron chi connectivity index (χ4n) is 13.9. The highest BCUT2D eigenvalue weighted by Gasteiger charge is 2.43. The van der Waals surface area contributed by atoms with Gasteiger partial charge in [0, 0.05) is 120 Å². The molecule has 0 saturated heterocycles. The summed E-state index contributed by atoms with van der Waals surface area (Å²) in [6, 6.07) is 39.0. The molecule has 0 bridgehead atoms. The van der Waals surface area contributed by atoms with Crippen molar-refractivity contribution in [2.75, 3.05) is 57.3 Å². The van der Waals surface area contributed by atoms with Gasteiger partial charge in [0.1, 0.15) is 45.7 Å². The number of anilines is 2. The molecule has 0 radical (unpaired) electrons. The van der Waals surface area contributed by atoms with Gasteiger partial charge < -0.3 is 48.8 Å². The Kier molecular flexibility index (Phi) is 27.2. The van der Waals surface area contributed by atoms with Crippen LogP contribution in [0.1, 0.15) is 145 Å². The number of azo groups is 6. The van der Waals surface area contributed by atoms with E-state index in [1.54, 1.807) is 36.4 Å². The average Bonchev–Trinajstić information content (AvgIpc) is 0.718. The summed E-state index contributed by atoms with van der Waals surface area (Å²) in [6.45, 7) is 24.7. The Morgan fingerprint density at radius 1 is 0.405 bits per heavy atom. The van der Waals surface area contributed by atoms with Crippen LogP contribution in [0, 0.1) is 30.3 Å². The van der Waals surface area contributed by atoms with Crippen molar-refractivity contribution < 1.29 is 53.8 Å². The number of aryl methyl sites for hydroxylation is 1. The van der Waals surface area contributed by atoms with Crippen molar-refractivity contribution >= 4 is 96.7 Å². The lowest BCUT2D eigenvalue weighted by Crippen LogP contribution is -2.45. The Morgan fingerprint density at radius 3 is 1.13 bits per heavy atom. The Hall–Kier alpha value is -12.7. The highest BCUT2D eigenvalue weighted by molar-refractivity contribution is 5.79. The van der Waals surface area contributed by atoms with Gasteiger partial charge >= 0.3 is 0 Å². The third-order valence-corrected chi connectivity index (χ3v) is 20.1. The van der Waals surface area contributed by atoms with Crippen molar-refractivity contribution in [2.45, 2.75) is 157 Å². The number of hydrogen-bond donors (Lipinski definition) is 3. The topological polar surface area (TPSA) is 391 Å². The number of methoxy groups -OCH3 is 3. The van der Waals surface area contributed by atoms with E-state index in [1.807, 2.05) is 52.0 Å². The highest BCUT2D eigenvalue weighted by Crippen LogP contribution is 2.57. The summed E-state index contributed by atoms with van der Waals surface area (Å²) in [6.07, 6.45) is 6.10. The standard InChI is InChI=1S/C33H40N6O5.C29H32N6O5.C23H23N5O4/c1-20(2)44-31-27(17-24-30-29(31)33(5,6)13-15-38(30)14-12-32(24,3)4)37-36-26-16-21(19-40)25(18-28(26)43-7)35-34-22-8-10-23(11-9-22)39(41)42;1-18(2)40-29-23-7-5-13-34-12-4-6-19(28(23)34)14-26(29)33-32-25-15-20(17-36)24(16-27(25)39-3)31-30-21-8-10-22(11-9-21)35(37)38;1-15(2)16-4-6-18(7-5-16)25-27-22-12-17(14-29)21(13-23(22)32-3)26-24-19-8-10-20(11-9-19)28(30)31/h8-11,16-18,20,40H,12-15,19H2,1-7H3;8-11,14-16,18,36H,4-7,12-13,17H2,1-3H3;4-13,15,29H,14H2,1-3H3. The minimum atomic E-state index is -0.485. The van der Waals surface area contributed by atoms with Gasteiger partial charge in [0.25, 0.3) is 17.1 Å². The molecule has 0 atom stereocenters. The predicted molar refractivity (Wildman–Crippen MR) is 442 cm³/mol. The van der Waals surface area contributed by atoms with Gasteiger partial charge in [-0.25, -0.2) is 0 Å². The lowest BCUT2D eigenvalue weighted by atomic mass is 9.69. The molecule has 116 heavy (non-hydrogen) atoms. The Labute approximate surface area is 671 Å². The fourth-order valence-corrected chi connectivity index (χ4v) is 13.9. The van der Waals surface area contributed by atoms with Crippen LogP contribution < -0.4 is 33.5 Å². The SMILES string of the molecule is COc1cc(N=Nc2ccc([N+](=O)[O-])cc2)c(CO)cc1N=Nc1cc2c3c(c1OC(C)C)C(C)(C)CCN3CCC2(C)C.COc1cc(N=Nc2ccc([N+](=O)[O-])cc2)c(CO)cc1N=Nc1cc2c3c(c1OC(C)C)CCCN3CCC2.COc1cc(N=Nc2ccc([N+](=O)[O-])cc2)c(CO)cc1N=Nc1ccc(C(C)C)cc1. The van der Waals surface area contributed by atoms with Crippen LogP contribution in [0.3, 0.4) is 0 Å². The van der Waals surface area contributed by atoms with Gasteiger partial charge in [0.2, 0.25) is 0 Å². The molecular formula is C85H95N17O14. The van der Waals surface area contributed by atoms with Gasteiger partial charge in [-0.2, -0.15) is 35.8 Å². The number of non-ortho nitro benzene ring substituents is 3. The molecule has 0 aromatic heterocycles. The molecule has 13 rings (SSSR count). The summed E-state index contributed by atoms with van der Waals surface area (Å²) in [5.74, 6) is 3.20. The summed E-state index contributed by atoms with van der Waals surface area (Å²) in [4.78, 5) is 36.1. The molecule has 0 amide bonds. The number of aliphatic hydroxyl groups excluding tert-OH is 3. The Bertz CT molecular complexity index is 5260. The molecule has 4 heterocycles. The number of ether oxygens (including phenoxy) is 5. The predicted octanol–water partition coefficient (Wildman–Crippen LogP) is 23.3.